The number of rotatable bonds is 6. The van der Waals surface area contributed by atoms with Gasteiger partial charge < -0.3 is 10.1 Å². The number of hydrogen-bond donors (Lipinski definition) is 2. The van der Waals surface area contributed by atoms with E-state index in [2.05, 4.69) is 20.2 Å². The number of morpholine rings is 1. The van der Waals surface area contributed by atoms with Gasteiger partial charge in [-0.3, -0.25) is 19.2 Å². The fraction of sp³-hybridized carbons (Fsp3) is 0.381. The van der Waals surface area contributed by atoms with E-state index in [0.717, 1.165) is 55.9 Å². The van der Waals surface area contributed by atoms with Crippen molar-refractivity contribution >= 4 is 17.1 Å². The third-order valence-electron chi connectivity index (χ3n) is 5.26. The summed E-state index contributed by atoms with van der Waals surface area (Å²) in [7, 11) is 1.70. The van der Waals surface area contributed by atoms with Gasteiger partial charge in [0, 0.05) is 44.0 Å². The molecule has 0 spiro atoms. The van der Waals surface area contributed by atoms with Crippen LogP contribution in [0, 0.1) is 0 Å². The lowest BCUT2D eigenvalue weighted by atomic mass is 10.0. The van der Waals surface area contributed by atoms with Gasteiger partial charge in [-0.2, -0.15) is 0 Å². The third kappa shape index (κ3) is 4.38. The molecule has 2 N–H and O–H groups in total. The first-order valence-electron chi connectivity index (χ1n) is 9.85. The Bertz CT molecular complexity index is 1070. The predicted octanol–water partition coefficient (Wildman–Crippen LogP) is 1.38. The summed E-state index contributed by atoms with van der Waals surface area (Å²) >= 11 is 0. The standard InChI is InChI=1S/C21H25N5O3/c1-25-18-13-17(14-23-19(18)24-21(25)28)15-4-2-5-16(12-15)20(27)22-6-3-7-26-8-10-29-11-9-26/h2,4-5,12-14H,3,6-11H2,1H3,(H,22,27)(H,23,24,28). The molecule has 3 aromatic rings. The van der Waals surface area contributed by atoms with Gasteiger partial charge in [0.25, 0.3) is 5.91 Å². The molecule has 2 aromatic heterocycles. The van der Waals surface area contributed by atoms with Gasteiger partial charge in [-0.1, -0.05) is 12.1 Å². The fourth-order valence-electron chi connectivity index (χ4n) is 3.53. The monoisotopic (exact) mass is 395 g/mol. The van der Waals surface area contributed by atoms with E-state index in [-0.39, 0.29) is 11.6 Å². The SMILES string of the molecule is Cn1c(=O)[nH]c2ncc(-c3cccc(C(=O)NCCCN4CCOCC4)c3)cc21. The van der Waals surface area contributed by atoms with E-state index in [1.807, 2.05) is 24.3 Å². The summed E-state index contributed by atoms with van der Waals surface area (Å²) in [6, 6.07) is 9.35. The highest BCUT2D eigenvalue weighted by Crippen LogP contribution is 2.22. The molecule has 3 heterocycles. The Morgan fingerprint density at radius 3 is 2.90 bits per heavy atom. The number of hydrogen-bond acceptors (Lipinski definition) is 5. The number of aromatic amines is 1. The number of pyridine rings is 1. The van der Waals surface area contributed by atoms with Crippen LogP contribution in [0.3, 0.4) is 0 Å². The minimum absolute atomic E-state index is 0.0862. The molecule has 8 nitrogen and oxygen atoms in total. The number of aromatic nitrogens is 3. The summed E-state index contributed by atoms with van der Waals surface area (Å²) in [5.41, 5.74) is 3.43. The van der Waals surface area contributed by atoms with E-state index in [4.69, 9.17) is 4.74 Å². The molecule has 0 radical (unpaired) electrons. The number of carbonyl (C=O) groups excluding carboxylic acids is 1. The number of H-pyrrole nitrogens is 1. The van der Waals surface area contributed by atoms with E-state index in [9.17, 15) is 9.59 Å². The van der Waals surface area contributed by atoms with Crippen LogP contribution in [-0.4, -0.2) is 64.7 Å². The van der Waals surface area contributed by atoms with Crippen molar-refractivity contribution in [1.82, 2.24) is 24.8 Å². The van der Waals surface area contributed by atoms with Crippen molar-refractivity contribution in [2.24, 2.45) is 7.05 Å². The smallest absolute Gasteiger partial charge is 0.327 e. The molecule has 29 heavy (non-hydrogen) atoms. The number of nitrogens with zero attached hydrogens (tertiary/aromatic N) is 3. The first kappa shape index (κ1) is 19.4. The molecule has 4 rings (SSSR count). The molecular formula is C21H25N5O3. The van der Waals surface area contributed by atoms with Gasteiger partial charge in [-0.25, -0.2) is 9.78 Å². The summed E-state index contributed by atoms with van der Waals surface area (Å²) in [5.74, 6) is -0.0862. The second kappa shape index (κ2) is 8.59. The number of imidazole rings is 1. The number of benzene rings is 1. The molecule has 0 aliphatic carbocycles. The molecule has 1 fully saturated rings. The van der Waals surface area contributed by atoms with Gasteiger partial charge >= 0.3 is 5.69 Å². The second-order valence-electron chi connectivity index (χ2n) is 7.23. The quantitative estimate of drug-likeness (QED) is 0.615. The molecule has 8 heteroatoms. The summed E-state index contributed by atoms with van der Waals surface area (Å²) in [5, 5.41) is 3.00. The molecule has 1 aliphatic heterocycles. The largest absolute Gasteiger partial charge is 0.379 e. The van der Waals surface area contributed by atoms with Gasteiger partial charge in [0.1, 0.15) is 0 Å². The van der Waals surface area contributed by atoms with Crippen molar-refractivity contribution in [3.8, 4) is 11.1 Å². The van der Waals surface area contributed by atoms with Gasteiger partial charge in [-0.05, 0) is 36.7 Å². The maximum absolute atomic E-state index is 12.5. The molecule has 1 saturated heterocycles. The van der Waals surface area contributed by atoms with E-state index >= 15 is 0 Å². The summed E-state index contributed by atoms with van der Waals surface area (Å²) < 4.78 is 6.87. The fourth-order valence-corrected chi connectivity index (χ4v) is 3.53. The number of carbonyl (C=O) groups is 1. The summed E-state index contributed by atoms with van der Waals surface area (Å²) in [6.45, 7) is 5.10. The van der Waals surface area contributed by atoms with Gasteiger partial charge in [-0.15, -0.1) is 0 Å². The van der Waals surface area contributed by atoms with Crippen LogP contribution in [0.1, 0.15) is 16.8 Å². The molecular weight excluding hydrogens is 370 g/mol. The van der Waals surface area contributed by atoms with Gasteiger partial charge in [0.15, 0.2) is 5.65 Å². The highest BCUT2D eigenvalue weighted by Gasteiger charge is 2.11. The van der Waals surface area contributed by atoms with Crippen molar-refractivity contribution in [3.63, 3.8) is 0 Å². The molecule has 1 aliphatic rings. The summed E-state index contributed by atoms with van der Waals surface area (Å²) in [6.07, 6.45) is 2.62. The predicted molar refractivity (Wildman–Crippen MR) is 111 cm³/mol. The Hall–Kier alpha value is -2.97. The molecule has 0 bridgehead atoms. The van der Waals surface area contributed by atoms with Gasteiger partial charge in [0.05, 0.1) is 18.7 Å². The molecule has 0 unspecified atom stereocenters. The van der Waals surface area contributed by atoms with Crippen molar-refractivity contribution in [1.29, 1.82) is 0 Å². The molecule has 1 aromatic carbocycles. The first-order chi connectivity index (χ1) is 14.1. The van der Waals surface area contributed by atoms with Crippen LogP contribution < -0.4 is 11.0 Å². The van der Waals surface area contributed by atoms with E-state index < -0.39 is 0 Å². The average Bonchev–Trinajstić information content (AvgIpc) is 3.05. The van der Waals surface area contributed by atoms with E-state index in [0.29, 0.717) is 17.8 Å². The lowest BCUT2D eigenvalue weighted by Crippen LogP contribution is -2.38. The Morgan fingerprint density at radius 1 is 1.24 bits per heavy atom. The van der Waals surface area contributed by atoms with Crippen LogP contribution in [0.15, 0.2) is 41.3 Å². The van der Waals surface area contributed by atoms with Crippen molar-refractivity contribution in [2.75, 3.05) is 39.4 Å². The minimum atomic E-state index is -0.199. The zero-order valence-corrected chi connectivity index (χ0v) is 16.5. The Balaban J connectivity index is 1.40. The number of nitrogens with one attached hydrogen (secondary N) is 2. The molecule has 152 valence electrons. The zero-order valence-electron chi connectivity index (χ0n) is 16.5. The van der Waals surface area contributed by atoms with Crippen molar-refractivity contribution < 1.29 is 9.53 Å². The summed E-state index contributed by atoms with van der Waals surface area (Å²) in [4.78, 5) is 33.7. The lowest BCUT2D eigenvalue weighted by molar-refractivity contribution is 0.0374. The van der Waals surface area contributed by atoms with Crippen LogP contribution in [-0.2, 0) is 11.8 Å². The Morgan fingerprint density at radius 2 is 2.07 bits per heavy atom. The molecule has 0 atom stereocenters. The zero-order chi connectivity index (χ0) is 20.2. The first-order valence-corrected chi connectivity index (χ1v) is 9.85. The molecule has 0 saturated carbocycles. The number of ether oxygens (including phenoxy) is 1. The van der Waals surface area contributed by atoms with Crippen LogP contribution in [0.25, 0.3) is 22.3 Å². The van der Waals surface area contributed by atoms with Crippen LogP contribution in [0.5, 0.6) is 0 Å². The van der Waals surface area contributed by atoms with E-state index in [1.54, 1.807) is 19.3 Å². The van der Waals surface area contributed by atoms with Gasteiger partial charge in [0.2, 0.25) is 0 Å². The highest BCUT2D eigenvalue weighted by molar-refractivity contribution is 5.95. The Labute approximate surface area is 168 Å². The highest BCUT2D eigenvalue weighted by atomic mass is 16.5. The van der Waals surface area contributed by atoms with Crippen molar-refractivity contribution in [2.45, 2.75) is 6.42 Å². The average molecular weight is 395 g/mol. The number of fused-ring (bicyclic) bond motifs is 1. The second-order valence-corrected chi connectivity index (χ2v) is 7.23. The van der Waals surface area contributed by atoms with Crippen LogP contribution in [0.4, 0.5) is 0 Å². The third-order valence-corrected chi connectivity index (χ3v) is 5.26. The van der Waals surface area contributed by atoms with Crippen LogP contribution >= 0.6 is 0 Å². The topological polar surface area (TPSA) is 92.2 Å². The van der Waals surface area contributed by atoms with E-state index in [1.165, 1.54) is 4.57 Å². The van der Waals surface area contributed by atoms with Crippen molar-refractivity contribution in [3.05, 3.63) is 52.6 Å². The Kier molecular flexibility index (Phi) is 5.73. The normalized spacial score (nSPS) is 14.9. The maximum Gasteiger partial charge on any atom is 0.327 e. The van der Waals surface area contributed by atoms with Crippen LogP contribution in [0.2, 0.25) is 0 Å². The number of amides is 1. The number of aryl methyl sites for hydroxylation is 1. The maximum atomic E-state index is 12.5. The molecule has 1 amide bonds. The minimum Gasteiger partial charge on any atom is -0.379 e. The lowest BCUT2D eigenvalue weighted by Gasteiger charge is -2.26.